The average molecular weight is 329 g/mol. The van der Waals surface area contributed by atoms with Crippen LogP contribution in [0.1, 0.15) is 11.1 Å². The molecule has 0 spiro atoms. The quantitative estimate of drug-likeness (QED) is 0.520. The van der Waals surface area contributed by atoms with Crippen LogP contribution in [-0.4, -0.2) is 29.7 Å². The third kappa shape index (κ3) is 5.22. The van der Waals surface area contributed by atoms with Crippen LogP contribution in [0.25, 0.3) is 0 Å². The van der Waals surface area contributed by atoms with E-state index in [1.165, 1.54) is 0 Å². The van der Waals surface area contributed by atoms with Crippen LogP contribution in [0.15, 0.2) is 28.5 Å². The second kappa shape index (κ2) is 6.20. The Balaban J connectivity index is 3.19. The number of alkyl halides is 6. The fourth-order valence-electron chi connectivity index (χ4n) is 1.35. The van der Waals surface area contributed by atoms with E-state index in [1.54, 1.807) is 0 Å². The van der Waals surface area contributed by atoms with Crippen molar-refractivity contribution in [3.63, 3.8) is 0 Å². The van der Waals surface area contributed by atoms with Gasteiger partial charge in [-0.15, -0.1) is 5.11 Å². The average Bonchev–Trinajstić information content (AvgIpc) is 2.33. The van der Waals surface area contributed by atoms with Gasteiger partial charge in [-0.1, -0.05) is 5.22 Å². The minimum atomic E-state index is -4.99. The number of benzene rings is 1. The van der Waals surface area contributed by atoms with Crippen molar-refractivity contribution in [2.45, 2.75) is 12.4 Å². The lowest BCUT2D eigenvalue weighted by Gasteiger charge is -2.12. The second-order valence-electron chi connectivity index (χ2n) is 4.16. The fraction of sp³-hybridized carbons (Fsp3) is 0.364. The van der Waals surface area contributed by atoms with Crippen LogP contribution in [-0.2, 0) is 17.1 Å². The summed E-state index contributed by atoms with van der Waals surface area (Å²) in [4.78, 5) is 10.4. The predicted molar refractivity (Wildman–Crippen MR) is 61.2 cm³/mol. The second-order valence-corrected chi connectivity index (χ2v) is 4.16. The van der Waals surface area contributed by atoms with Gasteiger partial charge in [-0.05, 0) is 18.2 Å². The van der Waals surface area contributed by atoms with E-state index >= 15 is 0 Å². The van der Waals surface area contributed by atoms with Crippen molar-refractivity contribution in [2.24, 2.45) is 10.3 Å². The Kier molecular flexibility index (Phi) is 4.99. The molecule has 0 fully saturated rings. The number of nitrogens with zero attached hydrogens (tertiary/aromatic N) is 3. The van der Waals surface area contributed by atoms with E-state index < -0.39 is 41.7 Å². The van der Waals surface area contributed by atoms with Gasteiger partial charge in [0.05, 0.1) is 16.8 Å². The maximum atomic E-state index is 12.6. The molecule has 0 saturated heterocycles. The summed E-state index contributed by atoms with van der Waals surface area (Å²) in [5.41, 5.74) is -3.76. The van der Waals surface area contributed by atoms with Gasteiger partial charge in [0.1, 0.15) is 6.54 Å². The maximum absolute atomic E-state index is 12.6. The Labute approximate surface area is 119 Å². The zero-order valence-corrected chi connectivity index (χ0v) is 10.9. The van der Waals surface area contributed by atoms with Crippen LogP contribution < -0.4 is 0 Å². The lowest BCUT2D eigenvalue weighted by molar-refractivity contribution is -0.143. The molecule has 0 unspecified atom stereocenters. The number of likely N-dealkylation sites (N-methyl/N-ethyl adjacent to an activating group) is 1. The molecule has 1 rings (SSSR count). The first-order valence-corrected chi connectivity index (χ1v) is 5.53. The number of carbonyl (C=O) groups is 1. The van der Waals surface area contributed by atoms with Crippen molar-refractivity contribution in [3.8, 4) is 0 Å². The number of rotatable bonds is 4. The highest BCUT2D eigenvalue weighted by atomic mass is 19.4. The summed E-state index contributed by atoms with van der Waals surface area (Å²) in [7, 11) is 1.15. The maximum Gasteiger partial charge on any atom is 0.416 e. The number of carboxylic acids is 1. The highest BCUT2D eigenvalue weighted by molar-refractivity contribution is 5.68. The van der Waals surface area contributed by atoms with Crippen molar-refractivity contribution in [2.75, 3.05) is 13.6 Å². The van der Waals surface area contributed by atoms with Crippen molar-refractivity contribution in [1.82, 2.24) is 5.01 Å². The normalized spacial score (nSPS) is 12.7. The van der Waals surface area contributed by atoms with Gasteiger partial charge in [0, 0.05) is 7.05 Å². The molecular formula is C11H9F6N3O2. The number of aliphatic carboxylic acids is 1. The topological polar surface area (TPSA) is 65.3 Å². The molecule has 5 nitrogen and oxygen atoms in total. The van der Waals surface area contributed by atoms with Crippen LogP contribution in [0.3, 0.4) is 0 Å². The third-order valence-corrected chi connectivity index (χ3v) is 2.25. The van der Waals surface area contributed by atoms with E-state index in [2.05, 4.69) is 10.3 Å². The van der Waals surface area contributed by atoms with Crippen molar-refractivity contribution in [3.05, 3.63) is 29.3 Å². The molecule has 0 radical (unpaired) electrons. The Morgan fingerprint density at radius 1 is 1.09 bits per heavy atom. The summed E-state index contributed by atoms with van der Waals surface area (Å²) < 4.78 is 75.5. The third-order valence-electron chi connectivity index (χ3n) is 2.25. The molecule has 11 heteroatoms. The predicted octanol–water partition coefficient (Wildman–Crippen LogP) is 3.74. The molecule has 122 valence electrons. The highest BCUT2D eigenvalue weighted by Crippen LogP contribution is 2.38. The fourth-order valence-corrected chi connectivity index (χ4v) is 1.35. The monoisotopic (exact) mass is 329 g/mol. The van der Waals surface area contributed by atoms with Gasteiger partial charge in [-0.25, -0.2) is 0 Å². The number of hydrogen-bond acceptors (Lipinski definition) is 3. The van der Waals surface area contributed by atoms with Crippen LogP contribution in [0.4, 0.5) is 32.0 Å². The van der Waals surface area contributed by atoms with Gasteiger partial charge in [0.2, 0.25) is 0 Å². The first-order chi connectivity index (χ1) is 9.89. The standard InChI is InChI=1S/C11H9F6N3O2/c1-20(5-9(21)22)19-18-8-3-6(10(12,13)14)2-7(4-8)11(15,16)17/h2-4H,5H2,1H3,(H,21,22)/b19-18+. The Morgan fingerprint density at radius 3 is 1.91 bits per heavy atom. The van der Waals surface area contributed by atoms with E-state index in [4.69, 9.17) is 5.11 Å². The van der Waals surface area contributed by atoms with E-state index in [0.717, 1.165) is 12.1 Å². The van der Waals surface area contributed by atoms with Gasteiger partial charge in [-0.3, -0.25) is 9.80 Å². The first kappa shape index (κ1) is 17.7. The zero-order valence-electron chi connectivity index (χ0n) is 10.9. The van der Waals surface area contributed by atoms with Gasteiger partial charge >= 0.3 is 18.3 Å². The lowest BCUT2D eigenvalue weighted by Crippen LogP contribution is -2.19. The molecule has 0 aliphatic carbocycles. The Morgan fingerprint density at radius 2 is 1.55 bits per heavy atom. The Bertz CT molecular complexity index is 550. The molecule has 22 heavy (non-hydrogen) atoms. The summed E-state index contributed by atoms with van der Waals surface area (Å²) in [5, 5.41) is 15.6. The molecule has 0 aliphatic heterocycles. The number of carboxylic acid groups (broad SMARTS) is 1. The van der Waals surface area contributed by atoms with Crippen molar-refractivity contribution >= 4 is 11.7 Å². The smallest absolute Gasteiger partial charge is 0.416 e. The van der Waals surface area contributed by atoms with Crippen molar-refractivity contribution in [1.29, 1.82) is 0 Å². The molecule has 1 aromatic carbocycles. The minimum Gasteiger partial charge on any atom is -0.480 e. The summed E-state index contributed by atoms with van der Waals surface area (Å²) in [6, 6.07) is 0.723. The zero-order chi connectivity index (χ0) is 17.1. The minimum absolute atomic E-state index is 0.0417. The molecule has 0 heterocycles. The summed E-state index contributed by atoms with van der Waals surface area (Å²) in [6.07, 6.45) is -9.98. The van der Waals surface area contributed by atoms with Gasteiger partial charge in [0.15, 0.2) is 0 Å². The molecule has 1 aromatic rings. The highest BCUT2D eigenvalue weighted by Gasteiger charge is 2.37. The number of hydrogen-bond donors (Lipinski definition) is 1. The number of halogens is 6. The molecule has 0 aliphatic rings. The van der Waals surface area contributed by atoms with Gasteiger partial charge < -0.3 is 5.11 Å². The summed E-state index contributed by atoms with van der Waals surface area (Å²) in [5.74, 6) is -1.29. The molecular weight excluding hydrogens is 320 g/mol. The van der Waals surface area contributed by atoms with Gasteiger partial charge in [-0.2, -0.15) is 26.3 Å². The molecule has 0 aromatic heterocycles. The summed E-state index contributed by atoms with van der Waals surface area (Å²) >= 11 is 0. The molecule has 0 amide bonds. The molecule has 0 atom stereocenters. The van der Waals surface area contributed by atoms with E-state index in [1.807, 2.05) is 0 Å². The van der Waals surface area contributed by atoms with Crippen LogP contribution >= 0.6 is 0 Å². The first-order valence-electron chi connectivity index (χ1n) is 5.53. The van der Waals surface area contributed by atoms with Crippen molar-refractivity contribution < 1.29 is 36.2 Å². The Hall–Kier alpha value is -2.33. The molecule has 0 bridgehead atoms. The van der Waals surface area contributed by atoms with Crippen LogP contribution in [0.2, 0.25) is 0 Å². The molecule has 0 saturated carbocycles. The largest absolute Gasteiger partial charge is 0.480 e. The summed E-state index contributed by atoms with van der Waals surface area (Å²) in [6.45, 7) is -0.616. The van der Waals surface area contributed by atoms with Crippen LogP contribution in [0.5, 0.6) is 0 Å². The van der Waals surface area contributed by atoms with E-state index in [9.17, 15) is 31.1 Å². The molecule has 1 N–H and O–H groups in total. The van der Waals surface area contributed by atoms with E-state index in [0.29, 0.717) is 12.1 Å². The SMILES string of the molecule is CN(CC(=O)O)/N=N/c1cc(C(F)(F)F)cc(C(F)(F)F)c1. The lowest BCUT2D eigenvalue weighted by atomic mass is 10.1. The van der Waals surface area contributed by atoms with E-state index in [-0.39, 0.29) is 6.07 Å². The van der Waals surface area contributed by atoms with Gasteiger partial charge in [0.25, 0.3) is 0 Å². The van der Waals surface area contributed by atoms with Crippen LogP contribution in [0, 0.1) is 0 Å².